The van der Waals surface area contributed by atoms with Gasteiger partial charge >= 0.3 is 12.4 Å². The lowest BCUT2D eigenvalue weighted by atomic mass is 9.92. The molecule has 2 aromatic carbocycles. The molecular weight excluding hydrogens is 338 g/mol. The number of halogens is 6. The van der Waals surface area contributed by atoms with Crippen molar-refractivity contribution >= 4 is 6.29 Å². The van der Waals surface area contributed by atoms with Gasteiger partial charge in [0.15, 0.2) is 0 Å². The van der Waals surface area contributed by atoms with E-state index in [1.54, 1.807) is 0 Å². The molecule has 2 nitrogen and oxygen atoms in total. The predicted octanol–water partition coefficient (Wildman–Crippen LogP) is 5.21. The maximum absolute atomic E-state index is 13.2. The number of hydrogen-bond donors (Lipinski definition) is 0. The van der Waals surface area contributed by atoms with E-state index in [2.05, 4.69) is 0 Å². The van der Waals surface area contributed by atoms with Crippen molar-refractivity contribution in [3.63, 3.8) is 0 Å². The van der Waals surface area contributed by atoms with Crippen LogP contribution < -0.4 is 4.74 Å². The Morgan fingerprint density at radius 3 is 1.88 bits per heavy atom. The molecule has 0 spiro atoms. The van der Waals surface area contributed by atoms with Gasteiger partial charge in [-0.05, 0) is 30.3 Å². The van der Waals surface area contributed by atoms with Crippen LogP contribution in [0.4, 0.5) is 26.3 Å². The molecule has 0 amide bonds. The molecule has 0 unspecified atom stereocenters. The highest BCUT2D eigenvalue weighted by molar-refractivity contribution is 5.84. The van der Waals surface area contributed by atoms with E-state index in [0.717, 1.165) is 19.2 Å². The van der Waals surface area contributed by atoms with Crippen molar-refractivity contribution in [2.75, 3.05) is 7.11 Å². The minimum absolute atomic E-state index is 0.0732. The van der Waals surface area contributed by atoms with Gasteiger partial charge in [-0.2, -0.15) is 26.3 Å². The Morgan fingerprint density at radius 1 is 0.917 bits per heavy atom. The van der Waals surface area contributed by atoms with Gasteiger partial charge in [0.05, 0.1) is 18.2 Å². The second-order valence-electron chi connectivity index (χ2n) is 4.80. The maximum atomic E-state index is 13.2. The van der Waals surface area contributed by atoms with Crippen LogP contribution in [-0.4, -0.2) is 13.4 Å². The normalized spacial score (nSPS) is 12.1. The van der Waals surface area contributed by atoms with Crippen LogP contribution >= 0.6 is 0 Å². The molecule has 128 valence electrons. The van der Waals surface area contributed by atoms with Gasteiger partial charge in [0.1, 0.15) is 12.0 Å². The molecule has 0 aliphatic carbocycles. The number of hydrogen-bond acceptors (Lipinski definition) is 2. The SMILES string of the molecule is COc1ccc(C=O)cc1-c1c(C(F)(F)F)cccc1C(F)(F)F. The molecule has 0 heterocycles. The van der Waals surface area contributed by atoms with Crippen LogP contribution in [0.2, 0.25) is 0 Å². The molecule has 0 saturated carbocycles. The van der Waals surface area contributed by atoms with Crippen LogP contribution in [0.15, 0.2) is 36.4 Å². The molecule has 0 fully saturated rings. The van der Waals surface area contributed by atoms with Crippen LogP contribution in [0.5, 0.6) is 5.75 Å². The van der Waals surface area contributed by atoms with Crippen LogP contribution in [0.1, 0.15) is 21.5 Å². The van der Waals surface area contributed by atoms with Crippen LogP contribution in [0.25, 0.3) is 11.1 Å². The number of ether oxygens (including phenoxy) is 1. The molecule has 0 aliphatic rings. The highest BCUT2D eigenvalue weighted by Gasteiger charge is 2.41. The standard InChI is InChI=1S/C16H10F6O2/c1-24-13-6-5-9(8-23)7-10(13)14-11(15(17,18)19)3-2-4-12(14)16(20,21)22/h2-8H,1H3. The summed E-state index contributed by atoms with van der Waals surface area (Å²) < 4.78 is 84.3. The van der Waals surface area contributed by atoms with Gasteiger partial charge in [-0.1, -0.05) is 6.07 Å². The van der Waals surface area contributed by atoms with Gasteiger partial charge < -0.3 is 4.74 Å². The number of carbonyl (C=O) groups excluding carboxylic acids is 1. The minimum atomic E-state index is -5.02. The molecule has 2 aromatic rings. The molecule has 2 rings (SSSR count). The third kappa shape index (κ3) is 3.37. The second kappa shape index (κ2) is 6.18. The van der Waals surface area contributed by atoms with E-state index in [-0.39, 0.29) is 11.3 Å². The summed E-state index contributed by atoms with van der Waals surface area (Å²) in [6.45, 7) is 0. The van der Waals surface area contributed by atoms with Crippen LogP contribution in [-0.2, 0) is 12.4 Å². The number of carbonyl (C=O) groups is 1. The molecule has 0 aromatic heterocycles. The summed E-state index contributed by atoms with van der Waals surface area (Å²) in [5.74, 6) is -0.206. The summed E-state index contributed by atoms with van der Waals surface area (Å²) in [4.78, 5) is 10.9. The molecular formula is C16H10F6O2. The average molecular weight is 348 g/mol. The number of alkyl halides is 6. The topological polar surface area (TPSA) is 26.3 Å². The van der Waals surface area contributed by atoms with E-state index >= 15 is 0 Å². The van der Waals surface area contributed by atoms with E-state index in [1.807, 2.05) is 0 Å². The molecule has 0 radical (unpaired) electrons. The Balaban J connectivity index is 2.94. The Hall–Kier alpha value is -2.51. The molecule has 0 atom stereocenters. The average Bonchev–Trinajstić information content (AvgIpc) is 2.51. The fourth-order valence-corrected chi connectivity index (χ4v) is 2.31. The molecule has 24 heavy (non-hydrogen) atoms. The molecule has 0 N–H and O–H groups in total. The van der Waals surface area contributed by atoms with Gasteiger partial charge in [0, 0.05) is 16.7 Å². The lowest BCUT2D eigenvalue weighted by Crippen LogP contribution is -2.14. The molecule has 8 heteroatoms. The summed E-state index contributed by atoms with van der Waals surface area (Å²) in [6.07, 6.45) is -9.70. The highest BCUT2D eigenvalue weighted by atomic mass is 19.4. The van der Waals surface area contributed by atoms with Crippen LogP contribution in [0.3, 0.4) is 0 Å². The van der Waals surface area contributed by atoms with Crippen molar-refractivity contribution in [3.8, 4) is 16.9 Å². The summed E-state index contributed by atoms with van der Waals surface area (Å²) in [5, 5.41) is 0. The van der Waals surface area contributed by atoms with Gasteiger partial charge in [-0.3, -0.25) is 4.79 Å². The van der Waals surface area contributed by atoms with Gasteiger partial charge in [-0.25, -0.2) is 0 Å². The first-order chi connectivity index (χ1) is 11.1. The quantitative estimate of drug-likeness (QED) is 0.562. The van der Waals surface area contributed by atoms with Crippen molar-refractivity contribution in [1.29, 1.82) is 0 Å². The zero-order chi connectivity index (χ0) is 18.1. The third-order valence-electron chi connectivity index (χ3n) is 3.30. The van der Waals surface area contributed by atoms with Crippen molar-refractivity contribution in [1.82, 2.24) is 0 Å². The second-order valence-corrected chi connectivity index (χ2v) is 4.80. The largest absolute Gasteiger partial charge is 0.496 e. The fourth-order valence-electron chi connectivity index (χ4n) is 2.31. The maximum Gasteiger partial charge on any atom is 0.417 e. The van der Waals surface area contributed by atoms with Gasteiger partial charge in [0.2, 0.25) is 0 Å². The monoisotopic (exact) mass is 348 g/mol. The number of methoxy groups -OCH3 is 1. The molecule has 0 aliphatic heterocycles. The fraction of sp³-hybridized carbons (Fsp3) is 0.188. The Morgan fingerprint density at radius 2 is 1.46 bits per heavy atom. The Kier molecular flexibility index (Phi) is 4.59. The Bertz CT molecular complexity index is 730. The number of aldehydes is 1. The summed E-state index contributed by atoms with van der Waals surface area (Å²) in [5.41, 5.74) is -4.52. The summed E-state index contributed by atoms with van der Waals surface area (Å²) in [6, 6.07) is 5.11. The number of benzene rings is 2. The summed E-state index contributed by atoms with van der Waals surface area (Å²) in [7, 11) is 1.11. The van der Waals surface area contributed by atoms with Gasteiger partial charge in [-0.15, -0.1) is 0 Å². The first-order valence-electron chi connectivity index (χ1n) is 6.50. The molecule has 0 bridgehead atoms. The first-order valence-corrected chi connectivity index (χ1v) is 6.50. The molecule has 0 saturated heterocycles. The first kappa shape index (κ1) is 17.8. The zero-order valence-electron chi connectivity index (χ0n) is 12.1. The summed E-state index contributed by atoms with van der Waals surface area (Å²) >= 11 is 0. The van der Waals surface area contributed by atoms with E-state index in [4.69, 9.17) is 4.74 Å². The third-order valence-corrected chi connectivity index (χ3v) is 3.30. The lowest BCUT2D eigenvalue weighted by molar-refractivity contribution is -0.142. The lowest BCUT2D eigenvalue weighted by Gasteiger charge is -2.20. The van der Waals surface area contributed by atoms with E-state index in [9.17, 15) is 31.1 Å². The zero-order valence-corrected chi connectivity index (χ0v) is 12.1. The van der Waals surface area contributed by atoms with Crippen molar-refractivity contribution in [2.45, 2.75) is 12.4 Å². The van der Waals surface area contributed by atoms with Crippen molar-refractivity contribution in [3.05, 3.63) is 53.1 Å². The van der Waals surface area contributed by atoms with Gasteiger partial charge in [0.25, 0.3) is 0 Å². The van der Waals surface area contributed by atoms with Crippen LogP contribution in [0, 0.1) is 0 Å². The van der Waals surface area contributed by atoms with E-state index in [1.165, 1.54) is 6.07 Å². The number of rotatable bonds is 3. The Labute approximate surface area is 132 Å². The van der Waals surface area contributed by atoms with E-state index < -0.39 is 34.6 Å². The highest BCUT2D eigenvalue weighted by Crippen LogP contribution is 2.46. The van der Waals surface area contributed by atoms with Crippen molar-refractivity contribution < 1.29 is 35.9 Å². The smallest absolute Gasteiger partial charge is 0.417 e. The van der Waals surface area contributed by atoms with Crippen molar-refractivity contribution in [2.24, 2.45) is 0 Å². The van der Waals surface area contributed by atoms with E-state index in [0.29, 0.717) is 24.5 Å². The predicted molar refractivity (Wildman–Crippen MR) is 73.8 cm³/mol. The minimum Gasteiger partial charge on any atom is -0.496 e.